The van der Waals surface area contributed by atoms with Crippen LogP contribution in [0.1, 0.15) is 11.1 Å². The number of benzene rings is 2. The molecular formula is C17H20O3. The van der Waals surface area contributed by atoms with Crippen molar-refractivity contribution in [3.05, 3.63) is 53.6 Å². The number of para-hydroxylation sites is 1. The molecule has 0 radical (unpaired) electrons. The van der Waals surface area contributed by atoms with E-state index in [1.165, 1.54) is 5.56 Å². The topological polar surface area (TPSA) is 27.7 Å². The van der Waals surface area contributed by atoms with Crippen molar-refractivity contribution in [2.45, 2.75) is 12.8 Å². The van der Waals surface area contributed by atoms with Gasteiger partial charge in [0.25, 0.3) is 0 Å². The van der Waals surface area contributed by atoms with Crippen molar-refractivity contribution in [1.82, 2.24) is 0 Å². The zero-order valence-electron chi connectivity index (χ0n) is 12.2. The van der Waals surface area contributed by atoms with Crippen LogP contribution in [0.3, 0.4) is 0 Å². The smallest absolute Gasteiger partial charge is 0.163 e. The van der Waals surface area contributed by atoms with Crippen molar-refractivity contribution < 1.29 is 14.2 Å². The third-order valence-corrected chi connectivity index (χ3v) is 3.30. The van der Waals surface area contributed by atoms with Crippen LogP contribution >= 0.6 is 0 Å². The normalized spacial score (nSPS) is 10.2. The summed E-state index contributed by atoms with van der Waals surface area (Å²) >= 11 is 0. The van der Waals surface area contributed by atoms with Crippen molar-refractivity contribution in [3.8, 4) is 17.2 Å². The first-order valence-electron chi connectivity index (χ1n) is 6.61. The first kappa shape index (κ1) is 14.3. The Bertz CT molecular complexity index is 564. The van der Waals surface area contributed by atoms with Gasteiger partial charge in [0.1, 0.15) is 5.75 Å². The quantitative estimate of drug-likeness (QED) is 0.805. The maximum Gasteiger partial charge on any atom is 0.163 e. The van der Waals surface area contributed by atoms with E-state index in [1.807, 2.05) is 24.3 Å². The predicted molar refractivity (Wildman–Crippen MR) is 79.9 cm³/mol. The molecule has 0 aliphatic rings. The molecule has 106 valence electrons. The molecule has 0 saturated heterocycles. The van der Waals surface area contributed by atoms with Crippen molar-refractivity contribution in [2.24, 2.45) is 0 Å². The van der Waals surface area contributed by atoms with Crippen LogP contribution in [0.5, 0.6) is 17.2 Å². The van der Waals surface area contributed by atoms with E-state index < -0.39 is 0 Å². The molecule has 3 heteroatoms. The zero-order valence-corrected chi connectivity index (χ0v) is 12.2. The van der Waals surface area contributed by atoms with E-state index >= 15 is 0 Å². The van der Waals surface area contributed by atoms with Gasteiger partial charge in [0.05, 0.1) is 21.3 Å². The van der Waals surface area contributed by atoms with Gasteiger partial charge in [0, 0.05) is 0 Å². The molecule has 0 N–H and O–H groups in total. The van der Waals surface area contributed by atoms with Gasteiger partial charge in [-0.2, -0.15) is 0 Å². The number of hydrogen-bond donors (Lipinski definition) is 0. The Kier molecular flexibility index (Phi) is 4.88. The van der Waals surface area contributed by atoms with Crippen molar-refractivity contribution in [3.63, 3.8) is 0 Å². The number of methoxy groups -OCH3 is 3. The van der Waals surface area contributed by atoms with Crippen LogP contribution in [-0.4, -0.2) is 21.3 Å². The molecule has 2 aromatic rings. The summed E-state index contributed by atoms with van der Waals surface area (Å²) in [7, 11) is 5.01. The molecule has 0 spiro atoms. The summed E-state index contributed by atoms with van der Waals surface area (Å²) in [5, 5.41) is 0. The first-order valence-corrected chi connectivity index (χ1v) is 6.61. The second kappa shape index (κ2) is 6.85. The van der Waals surface area contributed by atoms with E-state index in [2.05, 4.69) is 18.2 Å². The molecule has 0 saturated carbocycles. The molecule has 20 heavy (non-hydrogen) atoms. The van der Waals surface area contributed by atoms with Crippen LogP contribution < -0.4 is 14.2 Å². The monoisotopic (exact) mass is 272 g/mol. The Morgan fingerprint density at radius 3 is 2.30 bits per heavy atom. The van der Waals surface area contributed by atoms with Crippen LogP contribution in [0.4, 0.5) is 0 Å². The van der Waals surface area contributed by atoms with E-state index in [0.717, 1.165) is 35.7 Å². The lowest BCUT2D eigenvalue weighted by Crippen LogP contribution is -1.98. The van der Waals surface area contributed by atoms with Gasteiger partial charge in [0.2, 0.25) is 0 Å². The van der Waals surface area contributed by atoms with E-state index in [0.29, 0.717) is 0 Å². The Labute approximate surface area is 120 Å². The average Bonchev–Trinajstić information content (AvgIpc) is 2.52. The number of rotatable bonds is 6. The molecular weight excluding hydrogens is 252 g/mol. The maximum atomic E-state index is 5.45. The minimum absolute atomic E-state index is 0.774. The first-order chi connectivity index (χ1) is 9.78. The minimum Gasteiger partial charge on any atom is -0.497 e. The summed E-state index contributed by atoms with van der Waals surface area (Å²) < 4.78 is 16.0. The second-order valence-electron chi connectivity index (χ2n) is 4.50. The lowest BCUT2D eigenvalue weighted by molar-refractivity contribution is 0.351. The van der Waals surface area contributed by atoms with Crippen LogP contribution in [0.2, 0.25) is 0 Å². The molecule has 0 amide bonds. The third kappa shape index (κ3) is 3.23. The number of ether oxygens (including phenoxy) is 3. The lowest BCUT2D eigenvalue weighted by atomic mass is 10.0. The van der Waals surface area contributed by atoms with Crippen molar-refractivity contribution in [2.75, 3.05) is 21.3 Å². The Hall–Kier alpha value is -2.16. The van der Waals surface area contributed by atoms with Gasteiger partial charge in [-0.15, -0.1) is 0 Å². The summed E-state index contributed by atoms with van der Waals surface area (Å²) in [6, 6.07) is 14.1. The molecule has 0 heterocycles. The summed E-state index contributed by atoms with van der Waals surface area (Å²) in [6.45, 7) is 0. The van der Waals surface area contributed by atoms with Crippen molar-refractivity contribution >= 4 is 0 Å². The molecule has 0 aliphatic carbocycles. The van der Waals surface area contributed by atoms with Gasteiger partial charge in [0.15, 0.2) is 11.5 Å². The molecule has 0 unspecified atom stereocenters. The summed E-state index contributed by atoms with van der Waals surface area (Å²) in [5.41, 5.74) is 2.39. The summed E-state index contributed by atoms with van der Waals surface area (Å²) in [5.74, 6) is 2.48. The molecule has 0 bridgehead atoms. The van der Waals surface area contributed by atoms with Crippen LogP contribution in [0.15, 0.2) is 42.5 Å². The molecule has 2 aromatic carbocycles. The summed E-state index contributed by atoms with van der Waals surface area (Å²) in [6.07, 6.45) is 1.83. The van der Waals surface area contributed by atoms with E-state index in [9.17, 15) is 0 Å². The van der Waals surface area contributed by atoms with E-state index in [4.69, 9.17) is 14.2 Å². The van der Waals surface area contributed by atoms with Gasteiger partial charge in [-0.25, -0.2) is 0 Å². The predicted octanol–water partition coefficient (Wildman–Crippen LogP) is 3.50. The van der Waals surface area contributed by atoms with Gasteiger partial charge < -0.3 is 14.2 Å². The third-order valence-electron chi connectivity index (χ3n) is 3.30. The van der Waals surface area contributed by atoms with Gasteiger partial charge >= 0.3 is 0 Å². The highest BCUT2D eigenvalue weighted by molar-refractivity contribution is 5.47. The summed E-state index contributed by atoms with van der Waals surface area (Å²) in [4.78, 5) is 0. The Balaban J connectivity index is 2.14. The molecule has 0 fully saturated rings. The Morgan fingerprint density at radius 2 is 1.60 bits per heavy atom. The molecule has 3 nitrogen and oxygen atoms in total. The zero-order chi connectivity index (χ0) is 14.4. The SMILES string of the molecule is COc1cccc(CCc2cccc(OC)c2OC)c1. The maximum absolute atomic E-state index is 5.45. The Morgan fingerprint density at radius 1 is 0.800 bits per heavy atom. The molecule has 0 aromatic heterocycles. The fourth-order valence-corrected chi connectivity index (χ4v) is 2.26. The molecule has 0 aliphatic heterocycles. The average molecular weight is 272 g/mol. The highest BCUT2D eigenvalue weighted by atomic mass is 16.5. The largest absolute Gasteiger partial charge is 0.497 e. The van der Waals surface area contributed by atoms with Gasteiger partial charge in [-0.05, 0) is 42.2 Å². The van der Waals surface area contributed by atoms with E-state index in [1.54, 1.807) is 21.3 Å². The standard InChI is InChI=1S/C17H20O3/c1-18-15-8-4-6-13(12-15)10-11-14-7-5-9-16(19-2)17(14)20-3/h4-9,12H,10-11H2,1-3H3. The number of hydrogen-bond acceptors (Lipinski definition) is 3. The molecule has 0 atom stereocenters. The van der Waals surface area contributed by atoms with Gasteiger partial charge in [-0.3, -0.25) is 0 Å². The second-order valence-corrected chi connectivity index (χ2v) is 4.50. The number of aryl methyl sites for hydroxylation is 2. The van der Waals surface area contributed by atoms with Crippen LogP contribution in [0, 0.1) is 0 Å². The van der Waals surface area contributed by atoms with Crippen LogP contribution in [-0.2, 0) is 12.8 Å². The fraction of sp³-hybridized carbons (Fsp3) is 0.294. The minimum atomic E-state index is 0.774. The van der Waals surface area contributed by atoms with Gasteiger partial charge in [-0.1, -0.05) is 24.3 Å². The lowest BCUT2D eigenvalue weighted by Gasteiger charge is -2.12. The fourth-order valence-electron chi connectivity index (χ4n) is 2.26. The highest BCUT2D eigenvalue weighted by Gasteiger charge is 2.09. The van der Waals surface area contributed by atoms with E-state index in [-0.39, 0.29) is 0 Å². The van der Waals surface area contributed by atoms with Crippen LogP contribution in [0.25, 0.3) is 0 Å². The van der Waals surface area contributed by atoms with Crippen molar-refractivity contribution in [1.29, 1.82) is 0 Å². The molecule has 2 rings (SSSR count). The highest BCUT2D eigenvalue weighted by Crippen LogP contribution is 2.31.